The molecule has 2 aliphatic carbocycles. The highest BCUT2D eigenvalue weighted by Crippen LogP contribution is 2.44. The van der Waals surface area contributed by atoms with Crippen molar-refractivity contribution in [1.29, 1.82) is 0 Å². The molecule has 144 valence electrons. The number of nitrogens with zero attached hydrogens (tertiary/aromatic N) is 2. The summed E-state index contributed by atoms with van der Waals surface area (Å²) in [6.45, 7) is 4.07. The zero-order chi connectivity index (χ0) is 18.9. The van der Waals surface area contributed by atoms with Gasteiger partial charge in [0.15, 0.2) is 0 Å². The van der Waals surface area contributed by atoms with Gasteiger partial charge in [0.2, 0.25) is 15.9 Å². The van der Waals surface area contributed by atoms with Crippen LogP contribution < -0.4 is 10.9 Å². The second kappa shape index (κ2) is 7.52. The predicted molar refractivity (Wildman–Crippen MR) is 98.2 cm³/mol. The third kappa shape index (κ3) is 4.17. The number of sulfonamides is 1. The lowest BCUT2D eigenvalue weighted by atomic mass is 10.1. The summed E-state index contributed by atoms with van der Waals surface area (Å²) in [6.07, 6.45) is 5.88. The van der Waals surface area contributed by atoms with E-state index in [1.807, 2.05) is 0 Å². The van der Waals surface area contributed by atoms with E-state index in [0.29, 0.717) is 24.9 Å². The molecule has 8 heteroatoms. The Kier molecular flexibility index (Phi) is 5.53. The Hall–Kier alpha value is -1.67. The molecule has 1 N–H and O–H groups in total. The fourth-order valence-corrected chi connectivity index (χ4v) is 4.89. The third-order valence-corrected chi connectivity index (χ3v) is 7.23. The summed E-state index contributed by atoms with van der Waals surface area (Å²) in [4.78, 5) is 24.5. The number of rotatable bonds is 9. The van der Waals surface area contributed by atoms with Crippen LogP contribution in [0.3, 0.4) is 0 Å². The highest BCUT2D eigenvalue weighted by molar-refractivity contribution is 7.89. The highest BCUT2D eigenvalue weighted by Gasteiger charge is 2.42. The molecule has 0 spiro atoms. The zero-order valence-corrected chi connectivity index (χ0v) is 16.2. The van der Waals surface area contributed by atoms with Crippen LogP contribution in [0.25, 0.3) is 0 Å². The average Bonchev–Trinajstić information content (AvgIpc) is 3.48. The van der Waals surface area contributed by atoms with Crippen LogP contribution >= 0.6 is 0 Å². The minimum atomic E-state index is -3.66. The molecule has 0 aromatic carbocycles. The van der Waals surface area contributed by atoms with Gasteiger partial charge in [0.25, 0.3) is 5.56 Å². The van der Waals surface area contributed by atoms with E-state index >= 15 is 0 Å². The van der Waals surface area contributed by atoms with Gasteiger partial charge in [-0.05, 0) is 43.6 Å². The summed E-state index contributed by atoms with van der Waals surface area (Å²) < 4.78 is 27.8. The van der Waals surface area contributed by atoms with Gasteiger partial charge in [-0.2, -0.15) is 4.31 Å². The first-order valence-corrected chi connectivity index (χ1v) is 10.8. The quantitative estimate of drug-likeness (QED) is 0.696. The largest absolute Gasteiger partial charge is 0.351 e. The van der Waals surface area contributed by atoms with Crippen LogP contribution in [0.5, 0.6) is 0 Å². The van der Waals surface area contributed by atoms with Crippen molar-refractivity contribution >= 4 is 15.9 Å². The number of carbonyl (C=O) groups is 1. The zero-order valence-electron chi connectivity index (χ0n) is 15.3. The van der Waals surface area contributed by atoms with Gasteiger partial charge in [0.05, 0.1) is 4.90 Å². The van der Waals surface area contributed by atoms with E-state index in [-0.39, 0.29) is 28.9 Å². The Morgan fingerprint density at radius 2 is 1.77 bits per heavy atom. The molecule has 2 aliphatic rings. The molecule has 1 amide bonds. The molecule has 0 aliphatic heterocycles. The number of carbonyl (C=O) groups excluding carboxylic acids is 1. The van der Waals surface area contributed by atoms with Crippen molar-refractivity contribution in [2.75, 3.05) is 13.1 Å². The van der Waals surface area contributed by atoms with Crippen molar-refractivity contribution in [1.82, 2.24) is 14.2 Å². The molecule has 0 saturated heterocycles. The SMILES string of the molecule is CCN(CC)S(=O)(=O)c1ccc(=O)n(CC(=O)NC(C2CC2)C2CC2)c1. The van der Waals surface area contributed by atoms with E-state index in [0.717, 1.165) is 25.7 Å². The predicted octanol–water partition coefficient (Wildman–Crippen LogP) is 1.18. The van der Waals surface area contributed by atoms with Gasteiger partial charge in [0.1, 0.15) is 6.54 Å². The molecule has 0 bridgehead atoms. The van der Waals surface area contributed by atoms with Crippen molar-refractivity contribution in [2.24, 2.45) is 11.8 Å². The van der Waals surface area contributed by atoms with E-state index in [1.54, 1.807) is 13.8 Å². The maximum absolute atomic E-state index is 12.6. The van der Waals surface area contributed by atoms with Crippen molar-refractivity contribution in [3.05, 3.63) is 28.7 Å². The van der Waals surface area contributed by atoms with Crippen LogP contribution in [-0.4, -0.2) is 42.3 Å². The van der Waals surface area contributed by atoms with Gasteiger partial charge in [-0.3, -0.25) is 9.59 Å². The Labute approximate surface area is 154 Å². The lowest BCUT2D eigenvalue weighted by molar-refractivity contribution is -0.122. The van der Waals surface area contributed by atoms with Crippen molar-refractivity contribution in [2.45, 2.75) is 57.0 Å². The molecule has 0 radical (unpaired) electrons. The van der Waals surface area contributed by atoms with E-state index < -0.39 is 10.0 Å². The van der Waals surface area contributed by atoms with Crippen molar-refractivity contribution in [3.63, 3.8) is 0 Å². The normalized spacial score (nSPS) is 17.7. The van der Waals surface area contributed by atoms with Crippen molar-refractivity contribution < 1.29 is 13.2 Å². The average molecular weight is 381 g/mol. The van der Waals surface area contributed by atoms with Crippen LogP contribution in [0.4, 0.5) is 0 Å². The maximum atomic E-state index is 12.6. The number of amides is 1. The Morgan fingerprint density at radius 1 is 1.19 bits per heavy atom. The first-order valence-electron chi connectivity index (χ1n) is 9.36. The number of nitrogens with one attached hydrogen (secondary N) is 1. The Bertz CT molecular complexity index is 809. The first-order chi connectivity index (χ1) is 12.4. The molecule has 3 rings (SSSR count). The molecule has 1 aromatic rings. The summed E-state index contributed by atoms with van der Waals surface area (Å²) in [5.41, 5.74) is -0.381. The van der Waals surface area contributed by atoms with Gasteiger partial charge >= 0.3 is 0 Å². The minimum absolute atomic E-state index is 0.0366. The number of hydrogen-bond donors (Lipinski definition) is 1. The van der Waals surface area contributed by atoms with E-state index in [9.17, 15) is 18.0 Å². The topological polar surface area (TPSA) is 88.5 Å². The van der Waals surface area contributed by atoms with Crippen LogP contribution in [0, 0.1) is 11.8 Å². The van der Waals surface area contributed by atoms with Crippen LogP contribution in [0.15, 0.2) is 28.0 Å². The van der Waals surface area contributed by atoms with Crippen LogP contribution in [-0.2, 0) is 21.4 Å². The fourth-order valence-electron chi connectivity index (χ4n) is 3.42. The molecule has 0 unspecified atom stereocenters. The highest BCUT2D eigenvalue weighted by atomic mass is 32.2. The lowest BCUT2D eigenvalue weighted by Gasteiger charge is -2.20. The van der Waals surface area contributed by atoms with Gasteiger partial charge in [0, 0.05) is 31.4 Å². The van der Waals surface area contributed by atoms with E-state index in [1.165, 1.54) is 27.2 Å². The summed E-state index contributed by atoms with van der Waals surface area (Å²) in [5, 5.41) is 3.06. The Morgan fingerprint density at radius 3 is 2.27 bits per heavy atom. The summed E-state index contributed by atoms with van der Waals surface area (Å²) in [7, 11) is -3.66. The van der Waals surface area contributed by atoms with Crippen LogP contribution in [0.2, 0.25) is 0 Å². The molecular weight excluding hydrogens is 354 g/mol. The number of hydrogen-bond acceptors (Lipinski definition) is 4. The second-order valence-corrected chi connectivity index (χ2v) is 9.13. The molecule has 0 atom stereocenters. The smallest absolute Gasteiger partial charge is 0.251 e. The maximum Gasteiger partial charge on any atom is 0.251 e. The molecule has 7 nitrogen and oxygen atoms in total. The third-order valence-electron chi connectivity index (χ3n) is 5.20. The lowest BCUT2D eigenvalue weighted by Crippen LogP contribution is -2.41. The molecule has 26 heavy (non-hydrogen) atoms. The molecule has 2 fully saturated rings. The van der Waals surface area contributed by atoms with E-state index in [2.05, 4.69) is 5.32 Å². The van der Waals surface area contributed by atoms with E-state index in [4.69, 9.17) is 0 Å². The molecular formula is C18H27N3O4S. The number of pyridine rings is 1. The molecule has 1 heterocycles. The Balaban J connectivity index is 1.75. The number of aromatic nitrogens is 1. The minimum Gasteiger partial charge on any atom is -0.351 e. The summed E-state index contributed by atoms with van der Waals surface area (Å²) >= 11 is 0. The van der Waals surface area contributed by atoms with Gasteiger partial charge in [-0.1, -0.05) is 13.8 Å². The van der Waals surface area contributed by atoms with Crippen LogP contribution in [0.1, 0.15) is 39.5 Å². The fraction of sp³-hybridized carbons (Fsp3) is 0.667. The monoisotopic (exact) mass is 381 g/mol. The van der Waals surface area contributed by atoms with Gasteiger partial charge < -0.3 is 9.88 Å². The summed E-state index contributed by atoms with van der Waals surface area (Å²) in [6, 6.07) is 2.73. The first kappa shape index (κ1) is 19.1. The molecule has 2 saturated carbocycles. The standard InChI is InChI=1S/C18H27N3O4S/c1-3-21(4-2)26(24,25)15-9-10-17(23)20(11-15)12-16(22)19-18(13-5-6-13)14-7-8-14/h9-11,13-14,18H,3-8,12H2,1-2H3,(H,19,22). The molecule has 1 aromatic heterocycles. The second-order valence-electron chi connectivity index (χ2n) is 7.19. The van der Waals surface area contributed by atoms with Crippen molar-refractivity contribution in [3.8, 4) is 0 Å². The van der Waals surface area contributed by atoms with Gasteiger partial charge in [-0.15, -0.1) is 0 Å². The summed E-state index contributed by atoms with van der Waals surface area (Å²) in [5.74, 6) is 0.906. The van der Waals surface area contributed by atoms with Gasteiger partial charge in [-0.25, -0.2) is 8.42 Å².